The van der Waals surface area contributed by atoms with Crippen molar-refractivity contribution in [1.82, 2.24) is 15.3 Å². The second-order valence-electron chi connectivity index (χ2n) is 5.50. The lowest BCUT2D eigenvalue weighted by Gasteiger charge is -2.27. The van der Waals surface area contributed by atoms with Gasteiger partial charge in [-0.1, -0.05) is 0 Å². The molecule has 1 aliphatic heterocycles. The van der Waals surface area contributed by atoms with Gasteiger partial charge in [-0.3, -0.25) is 0 Å². The van der Waals surface area contributed by atoms with Crippen molar-refractivity contribution in [3.63, 3.8) is 0 Å². The number of hydrogen-bond acceptors (Lipinski definition) is 5. The van der Waals surface area contributed by atoms with Crippen molar-refractivity contribution in [2.75, 3.05) is 25.1 Å². The minimum absolute atomic E-state index is 0.555. The molecule has 1 N–H and O–H groups in total. The van der Waals surface area contributed by atoms with Gasteiger partial charge in [0, 0.05) is 25.2 Å². The van der Waals surface area contributed by atoms with Crippen molar-refractivity contribution < 1.29 is 4.74 Å². The number of methoxy groups -OCH3 is 1. The largest absolute Gasteiger partial charge is 0.481 e. The lowest BCUT2D eigenvalue weighted by atomic mass is 10.2. The Labute approximate surface area is 114 Å². The molecule has 0 amide bonds. The van der Waals surface area contributed by atoms with Crippen LogP contribution in [0, 0.1) is 6.92 Å². The molecule has 104 valence electrons. The highest BCUT2D eigenvalue weighted by Crippen LogP contribution is 2.30. The van der Waals surface area contributed by atoms with Gasteiger partial charge in [-0.15, -0.1) is 0 Å². The number of hydrogen-bond donors (Lipinski definition) is 1. The summed E-state index contributed by atoms with van der Waals surface area (Å²) in [4.78, 5) is 11.0. The monoisotopic (exact) mass is 262 g/mol. The molecule has 2 fully saturated rings. The van der Waals surface area contributed by atoms with E-state index in [2.05, 4.69) is 20.2 Å². The Kier molecular flexibility index (Phi) is 3.55. The molecule has 1 saturated heterocycles. The van der Waals surface area contributed by atoms with Crippen LogP contribution in [0.2, 0.25) is 0 Å². The quantitative estimate of drug-likeness (QED) is 0.872. The Morgan fingerprint density at radius 2 is 2.21 bits per heavy atom. The molecule has 1 aromatic rings. The molecule has 1 aliphatic carbocycles. The number of aromatic nitrogens is 2. The summed E-state index contributed by atoms with van der Waals surface area (Å²) >= 11 is 0. The SMILES string of the molecule is COc1ncnc(N2CCCC2CNC2CC2)c1C. The van der Waals surface area contributed by atoms with E-state index in [1.807, 2.05) is 6.92 Å². The fourth-order valence-electron chi connectivity index (χ4n) is 2.84. The molecular formula is C14H22N4O. The summed E-state index contributed by atoms with van der Waals surface area (Å²) in [6, 6.07) is 1.32. The molecule has 0 radical (unpaired) electrons. The molecule has 1 atom stereocenters. The maximum atomic E-state index is 5.30. The zero-order valence-electron chi connectivity index (χ0n) is 11.7. The first-order chi connectivity index (χ1) is 9.29. The third-order valence-electron chi connectivity index (χ3n) is 4.07. The molecule has 1 unspecified atom stereocenters. The average Bonchev–Trinajstić information content (AvgIpc) is 3.14. The van der Waals surface area contributed by atoms with Crippen LogP contribution in [0.25, 0.3) is 0 Å². The summed E-state index contributed by atoms with van der Waals surface area (Å²) in [6.45, 7) is 4.19. The fourth-order valence-corrected chi connectivity index (χ4v) is 2.84. The molecule has 19 heavy (non-hydrogen) atoms. The van der Waals surface area contributed by atoms with Crippen molar-refractivity contribution >= 4 is 5.82 Å². The molecule has 0 bridgehead atoms. The molecule has 0 aromatic carbocycles. The maximum absolute atomic E-state index is 5.30. The van der Waals surface area contributed by atoms with E-state index < -0.39 is 0 Å². The second-order valence-corrected chi connectivity index (χ2v) is 5.50. The first kappa shape index (κ1) is 12.7. The summed E-state index contributed by atoms with van der Waals surface area (Å²) in [5.41, 5.74) is 1.04. The minimum Gasteiger partial charge on any atom is -0.481 e. The Balaban J connectivity index is 1.75. The summed E-state index contributed by atoms with van der Waals surface area (Å²) in [6.07, 6.45) is 6.76. The second kappa shape index (κ2) is 5.33. The van der Waals surface area contributed by atoms with Crippen LogP contribution in [-0.4, -0.2) is 42.3 Å². The van der Waals surface area contributed by atoms with Gasteiger partial charge in [0.05, 0.1) is 12.7 Å². The van der Waals surface area contributed by atoms with E-state index in [0.29, 0.717) is 11.9 Å². The van der Waals surface area contributed by atoms with Gasteiger partial charge in [-0.05, 0) is 32.6 Å². The van der Waals surface area contributed by atoms with Gasteiger partial charge in [0.15, 0.2) is 0 Å². The third-order valence-corrected chi connectivity index (χ3v) is 4.07. The van der Waals surface area contributed by atoms with Gasteiger partial charge in [0.1, 0.15) is 12.1 Å². The van der Waals surface area contributed by atoms with Crippen molar-refractivity contribution in [2.24, 2.45) is 0 Å². The smallest absolute Gasteiger partial charge is 0.221 e. The van der Waals surface area contributed by atoms with Crippen molar-refractivity contribution in [3.8, 4) is 5.88 Å². The van der Waals surface area contributed by atoms with E-state index >= 15 is 0 Å². The highest BCUT2D eigenvalue weighted by Gasteiger charge is 2.29. The standard InChI is InChI=1S/C14H22N4O/c1-10-13(16-9-17-14(10)19-2)18-7-3-4-12(18)8-15-11-5-6-11/h9,11-12,15H,3-8H2,1-2H3. The Bertz CT molecular complexity index is 447. The molecular weight excluding hydrogens is 240 g/mol. The lowest BCUT2D eigenvalue weighted by Crippen LogP contribution is -2.39. The molecule has 5 heteroatoms. The van der Waals surface area contributed by atoms with E-state index in [9.17, 15) is 0 Å². The van der Waals surface area contributed by atoms with E-state index in [0.717, 1.165) is 30.5 Å². The summed E-state index contributed by atoms with van der Waals surface area (Å²) < 4.78 is 5.30. The van der Waals surface area contributed by atoms with Crippen molar-refractivity contribution in [3.05, 3.63) is 11.9 Å². The first-order valence-electron chi connectivity index (χ1n) is 7.15. The number of anilines is 1. The number of nitrogens with zero attached hydrogens (tertiary/aromatic N) is 3. The Morgan fingerprint density at radius 1 is 1.37 bits per heavy atom. The van der Waals surface area contributed by atoms with Crippen LogP contribution in [0.15, 0.2) is 6.33 Å². The van der Waals surface area contributed by atoms with Crippen LogP contribution in [0.1, 0.15) is 31.2 Å². The molecule has 3 rings (SSSR count). The topological polar surface area (TPSA) is 50.3 Å². The molecule has 1 saturated carbocycles. The van der Waals surface area contributed by atoms with Gasteiger partial charge in [0.2, 0.25) is 5.88 Å². The van der Waals surface area contributed by atoms with Gasteiger partial charge in [-0.25, -0.2) is 9.97 Å². The predicted molar refractivity (Wildman–Crippen MR) is 74.7 cm³/mol. The normalized spacial score (nSPS) is 22.8. The first-order valence-corrected chi connectivity index (χ1v) is 7.15. The van der Waals surface area contributed by atoms with Crippen molar-refractivity contribution in [2.45, 2.75) is 44.7 Å². The van der Waals surface area contributed by atoms with E-state index in [-0.39, 0.29) is 0 Å². The van der Waals surface area contributed by atoms with E-state index in [4.69, 9.17) is 4.74 Å². The summed E-state index contributed by atoms with van der Waals surface area (Å²) in [5, 5.41) is 3.63. The maximum Gasteiger partial charge on any atom is 0.221 e. The van der Waals surface area contributed by atoms with Crippen LogP contribution < -0.4 is 15.0 Å². The molecule has 1 aromatic heterocycles. The number of rotatable bonds is 5. The van der Waals surface area contributed by atoms with Gasteiger partial charge in [0.25, 0.3) is 0 Å². The van der Waals surface area contributed by atoms with E-state index in [1.54, 1.807) is 13.4 Å². The minimum atomic E-state index is 0.555. The van der Waals surface area contributed by atoms with Gasteiger partial charge in [-0.2, -0.15) is 0 Å². The zero-order valence-corrected chi connectivity index (χ0v) is 11.7. The van der Waals surface area contributed by atoms with Gasteiger partial charge >= 0.3 is 0 Å². The number of nitrogens with one attached hydrogen (secondary N) is 1. The summed E-state index contributed by atoms with van der Waals surface area (Å²) in [7, 11) is 1.66. The van der Waals surface area contributed by atoms with Crippen LogP contribution in [-0.2, 0) is 0 Å². The average molecular weight is 262 g/mol. The summed E-state index contributed by atoms with van der Waals surface area (Å²) in [5.74, 6) is 1.72. The highest BCUT2D eigenvalue weighted by molar-refractivity contribution is 5.51. The third kappa shape index (κ3) is 2.66. The van der Waals surface area contributed by atoms with Gasteiger partial charge < -0.3 is 15.0 Å². The van der Waals surface area contributed by atoms with Crippen molar-refractivity contribution in [1.29, 1.82) is 0 Å². The molecule has 2 aliphatic rings. The Hall–Kier alpha value is -1.36. The molecule has 2 heterocycles. The molecule has 0 spiro atoms. The lowest BCUT2D eigenvalue weighted by molar-refractivity contribution is 0.393. The van der Waals surface area contributed by atoms with Crippen LogP contribution in [0.4, 0.5) is 5.82 Å². The van der Waals surface area contributed by atoms with Crippen LogP contribution >= 0.6 is 0 Å². The predicted octanol–water partition coefficient (Wildman–Crippen LogP) is 1.51. The Morgan fingerprint density at radius 3 is 2.95 bits per heavy atom. The zero-order chi connectivity index (χ0) is 13.2. The number of ether oxygens (including phenoxy) is 1. The fraction of sp³-hybridized carbons (Fsp3) is 0.714. The van der Waals surface area contributed by atoms with E-state index in [1.165, 1.54) is 25.7 Å². The molecule has 5 nitrogen and oxygen atoms in total. The van der Waals surface area contributed by atoms with Crippen LogP contribution in [0.5, 0.6) is 5.88 Å². The van der Waals surface area contributed by atoms with Crippen LogP contribution in [0.3, 0.4) is 0 Å². The highest BCUT2D eigenvalue weighted by atomic mass is 16.5.